The van der Waals surface area contributed by atoms with Crippen molar-refractivity contribution in [3.05, 3.63) is 120 Å². The minimum absolute atomic E-state index is 0.0666. The highest BCUT2D eigenvalue weighted by Gasteiger charge is 2.14. The second-order valence-electron chi connectivity index (χ2n) is 9.56. The van der Waals surface area contributed by atoms with Crippen molar-refractivity contribution in [3.8, 4) is 11.3 Å². The van der Waals surface area contributed by atoms with Gasteiger partial charge in [0.1, 0.15) is 16.3 Å². The predicted octanol–water partition coefficient (Wildman–Crippen LogP) is 3.20. The molecule has 5 aromatic rings. The highest BCUT2D eigenvalue weighted by molar-refractivity contribution is 7.86. The minimum atomic E-state index is -4.27. The van der Waals surface area contributed by atoms with Gasteiger partial charge >= 0.3 is 0 Å². The molecule has 45 heavy (non-hydrogen) atoms. The third-order valence-electron chi connectivity index (χ3n) is 6.16. The number of hydrogen-bond donors (Lipinski definition) is 4. The summed E-state index contributed by atoms with van der Waals surface area (Å²) < 4.78 is 64.9. The van der Waals surface area contributed by atoms with Gasteiger partial charge in [0.25, 0.3) is 15.8 Å². The molecule has 0 saturated carbocycles. The van der Waals surface area contributed by atoms with Crippen LogP contribution < -0.4 is 15.6 Å². The molecule has 13 nitrogen and oxygen atoms in total. The number of guanidine groups is 1. The SMILES string of the molecule is Cc1ccc(S(=O)(=O)O)cc1.Cc1ccc(S(=O)(=O)[O-])cc1.Cn1c(-c2ccc(C=NN=C(N)NO)cc2)c[n+]2ccccc12. The number of fused-ring (bicyclic) bond motifs is 1. The number of benzene rings is 3. The van der Waals surface area contributed by atoms with E-state index in [1.165, 1.54) is 24.3 Å². The predicted molar refractivity (Wildman–Crippen MR) is 168 cm³/mol. The number of hydroxylamine groups is 1. The molecule has 0 bridgehead atoms. The molecule has 3 aromatic carbocycles. The topological polar surface area (TPSA) is 204 Å². The van der Waals surface area contributed by atoms with Gasteiger partial charge in [0.15, 0.2) is 5.69 Å². The van der Waals surface area contributed by atoms with Crippen LogP contribution >= 0.6 is 0 Å². The largest absolute Gasteiger partial charge is 0.744 e. The number of nitrogens with zero attached hydrogens (tertiary/aromatic N) is 4. The normalized spacial score (nSPS) is 11.8. The summed E-state index contributed by atoms with van der Waals surface area (Å²) in [5.41, 5.74) is 13.1. The number of aryl methyl sites for hydroxylation is 3. The van der Waals surface area contributed by atoms with E-state index in [0.717, 1.165) is 33.6 Å². The van der Waals surface area contributed by atoms with Gasteiger partial charge < -0.3 is 10.3 Å². The van der Waals surface area contributed by atoms with Crippen LogP contribution in [0.3, 0.4) is 0 Å². The molecule has 0 radical (unpaired) electrons. The molecule has 15 heteroatoms. The average Bonchev–Trinajstić information content (AvgIpc) is 3.34. The standard InChI is InChI=1S/C16H17N6O.2C7H8O3S/c1-21-14(11-22-9-3-2-4-15(21)22)13-7-5-12(6-8-13)10-18-19-16(17)20-23;2*1-6-2-4-7(5-3-6)11(8,9)10/h2-11,23H,1H3,(H3,17,19,20);2*2-5H,1H3,(H,8,9,10)/q+1;;/p-1. The van der Waals surface area contributed by atoms with Crippen molar-refractivity contribution >= 4 is 38.1 Å². The molecule has 2 heterocycles. The minimum Gasteiger partial charge on any atom is -0.744 e. The fraction of sp³-hybridized carbons (Fsp3) is 0.100. The van der Waals surface area contributed by atoms with Crippen LogP contribution in [0, 0.1) is 13.8 Å². The van der Waals surface area contributed by atoms with Gasteiger partial charge in [-0.2, -0.15) is 13.5 Å². The van der Waals surface area contributed by atoms with Crippen molar-refractivity contribution in [2.75, 3.05) is 0 Å². The fourth-order valence-corrected chi connectivity index (χ4v) is 4.74. The Hall–Kier alpha value is -4.93. The zero-order valence-corrected chi connectivity index (χ0v) is 26.1. The van der Waals surface area contributed by atoms with Gasteiger partial charge in [-0.05, 0) is 61.9 Å². The van der Waals surface area contributed by atoms with Crippen LogP contribution in [0.4, 0.5) is 0 Å². The summed E-state index contributed by atoms with van der Waals surface area (Å²) >= 11 is 0. The first-order valence-corrected chi connectivity index (χ1v) is 15.9. The molecule has 2 aromatic heterocycles. The van der Waals surface area contributed by atoms with Crippen LogP contribution in [0.5, 0.6) is 0 Å². The van der Waals surface area contributed by atoms with E-state index in [9.17, 15) is 21.4 Å². The lowest BCUT2D eigenvalue weighted by Crippen LogP contribution is -2.27. The van der Waals surface area contributed by atoms with E-state index in [4.69, 9.17) is 15.5 Å². The smallest absolute Gasteiger partial charge is 0.294 e. The number of imidazole rings is 1. The lowest BCUT2D eigenvalue weighted by Gasteiger charge is -2.05. The summed E-state index contributed by atoms with van der Waals surface area (Å²) in [6, 6.07) is 25.8. The highest BCUT2D eigenvalue weighted by Crippen LogP contribution is 2.20. The maximum Gasteiger partial charge on any atom is 0.294 e. The lowest BCUT2D eigenvalue weighted by molar-refractivity contribution is -0.510. The first-order valence-electron chi connectivity index (χ1n) is 13.1. The van der Waals surface area contributed by atoms with Crippen LogP contribution in [0.15, 0.2) is 123 Å². The molecule has 236 valence electrons. The molecule has 0 aliphatic heterocycles. The van der Waals surface area contributed by atoms with Gasteiger partial charge in [-0.1, -0.05) is 53.6 Å². The first-order chi connectivity index (χ1) is 21.2. The number of nitrogens with two attached hydrogens (primary N) is 1. The number of hydrogen-bond acceptors (Lipinski definition) is 8. The summed E-state index contributed by atoms with van der Waals surface area (Å²) in [6.45, 7) is 3.66. The Morgan fingerprint density at radius 3 is 1.93 bits per heavy atom. The number of nitrogens with one attached hydrogen (secondary N) is 1. The Morgan fingerprint density at radius 1 is 0.889 bits per heavy atom. The van der Waals surface area contributed by atoms with E-state index >= 15 is 0 Å². The van der Waals surface area contributed by atoms with E-state index < -0.39 is 20.2 Å². The van der Waals surface area contributed by atoms with E-state index in [1.54, 1.807) is 36.0 Å². The molecular weight excluding hydrogens is 620 g/mol. The molecule has 0 fully saturated rings. The number of aromatic nitrogens is 2. The molecule has 0 atom stereocenters. The zero-order chi connectivity index (χ0) is 33.2. The molecule has 5 N–H and O–H groups in total. The Labute approximate surface area is 261 Å². The Morgan fingerprint density at radius 2 is 1.44 bits per heavy atom. The van der Waals surface area contributed by atoms with E-state index in [0.29, 0.717) is 0 Å². The van der Waals surface area contributed by atoms with E-state index in [2.05, 4.69) is 31.4 Å². The van der Waals surface area contributed by atoms with Crippen LogP contribution in [0.1, 0.15) is 16.7 Å². The van der Waals surface area contributed by atoms with Gasteiger partial charge in [0.05, 0.1) is 29.3 Å². The summed E-state index contributed by atoms with van der Waals surface area (Å²) in [5, 5.41) is 15.8. The zero-order valence-electron chi connectivity index (χ0n) is 24.5. The molecule has 0 unspecified atom stereocenters. The summed E-state index contributed by atoms with van der Waals surface area (Å²) in [6.07, 6.45) is 5.68. The van der Waals surface area contributed by atoms with Crippen molar-refractivity contribution < 1.29 is 35.5 Å². The second-order valence-corrected chi connectivity index (χ2v) is 12.4. The number of pyridine rings is 1. The molecule has 0 saturated heterocycles. The molecule has 0 aliphatic rings. The average molecular weight is 653 g/mol. The van der Waals surface area contributed by atoms with Crippen LogP contribution in [-0.2, 0) is 27.3 Å². The van der Waals surface area contributed by atoms with Gasteiger partial charge in [-0.3, -0.25) is 9.76 Å². The Kier molecular flexibility index (Phi) is 11.7. The third kappa shape index (κ3) is 10.3. The van der Waals surface area contributed by atoms with E-state index in [-0.39, 0.29) is 15.8 Å². The van der Waals surface area contributed by atoms with Gasteiger partial charge in [0, 0.05) is 11.6 Å². The Bertz CT molecular complexity index is 1930. The molecule has 0 amide bonds. The lowest BCUT2D eigenvalue weighted by atomic mass is 10.1. The first kappa shape index (κ1) is 34.6. The molecule has 0 spiro atoms. The quantitative estimate of drug-likeness (QED) is 0.0723. The highest BCUT2D eigenvalue weighted by atomic mass is 32.2. The van der Waals surface area contributed by atoms with Crippen molar-refractivity contribution in [3.63, 3.8) is 0 Å². The van der Waals surface area contributed by atoms with Crippen LogP contribution in [-0.4, -0.2) is 47.9 Å². The van der Waals surface area contributed by atoms with Crippen LogP contribution in [0.2, 0.25) is 0 Å². The van der Waals surface area contributed by atoms with Crippen molar-refractivity contribution in [2.45, 2.75) is 23.6 Å². The summed E-state index contributed by atoms with van der Waals surface area (Å²) in [5.74, 6) is -0.162. The molecule has 0 aliphatic carbocycles. The maximum atomic E-state index is 10.5. The summed E-state index contributed by atoms with van der Waals surface area (Å²) in [4.78, 5) is -0.244. The van der Waals surface area contributed by atoms with Gasteiger partial charge in [-0.25, -0.2) is 22.9 Å². The molecular formula is C30H32N6O7S2. The van der Waals surface area contributed by atoms with Gasteiger partial charge in [-0.15, -0.1) is 5.10 Å². The fourth-order valence-electron chi connectivity index (χ4n) is 3.79. The third-order valence-corrected chi connectivity index (χ3v) is 7.87. The van der Waals surface area contributed by atoms with E-state index in [1.807, 2.05) is 63.5 Å². The maximum absolute atomic E-state index is 10.5. The second kappa shape index (κ2) is 15.2. The van der Waals surface area contributed by atoms with Crippen molar-refractivity contribution in [1.29, 1.82) is 0 Å². The van der Waals surface area contributed by atoms with Crippen molar-refractivity contribution in [1.82, 2.24) is 10.0 Å². The Balaban J connectivity index is 0.000000210. The van der Waals surface area contributed by atoms with Crippen LogP contribution in [0.25, 0.3) is 16.9 Å². The number of rotatable bonds is 5. The summed E-state index contributed by atoms with van der Waals surface area (Å²) in [7, 11) is -6.25. The van der Waals surface area contributed by atoms with Gasteiger partial charge in [0.2, 0.25) is 5.96 Å². The van der Waals surface area contributed by atoms with Crippen molar-refractivity contribution in [2.24, 2.45) is 23.0 Å². The molecule has 5 rings (SSSR count). The monoisotopic (exact) mass is 652 g/mol.